The first-order valence-corrected chi connectivity index (χ1v) is 6.67. The standard InChI is InChI=1S/C15H22N2O/c1-11-8-12(2)10-17(9-11)15(18)13-4-6-14(16-3)7-5-13/h4-7,11-12,16H,8-10H2,1-3H3. The fourth-order valence-electron chi connectivity index (χ4n) is 2.79. The predicted molar refractivity (Wildman–Crippen MR) is 74.8 cm³/mol. The molecule has 2 unspecified atom stereocenters. The van der Waals surface area contributed by atoms with Crippen molar-refractivity contribution in [2.24, 2.45) is 11.8 Å². The van der Waals surface area contributed by atoms with Crippen molar-refractivity contribution in [3.8, 4) is 0 Å². The van der Waals surface area contributed by atoms with E-state index in [9.17, 15) is 4.79 Å². The third-order valence-electron chi connectivity index (χ3n) is 3.58. The van der Waals surface area contributed by atoms with Gasteiger partial charge in [0.2, 0.25) is 0 Å². The Labute approximate surface area is 109 Å². The van der Waals surface area contributed by atoms with Gasteiger partial charge in [0, 0.05) is 31.4 Å². The second-order valence-corrected chi connectivity index (χ2v) is 5.48. The van der Waals surface area contributed by atoms with Gasteiger partial charge in [-0.3, -0.25) is 4.79 Å². The van der Waals surface area contributed by atoms with E-state index in [2.05, 4.69) is 19.2 Å². The van der Waals surface area contributed by atoms with E-state index in [0.29, 0.717) is 11.8 Å². The summed E-state index contributed by atoms with van der Waals surface area (Å²) >= 11 is 0. The molecule has 1 amide bonds. The fourth-order valence-corrected chi connectivity index (χ4v) is 2.79. The molecule has 0 aliphatic carbocycles. The fraction of sp³-hybridized carbons (Fsp3) is 0.533. The average molecular weight is 246 g/mol. The molecule has 0 bridgehead atoms. The van der Waals surface area contributed by atoms with Crippen LogP contribution in [0.4, 0.5) is 5.69 Å². The normalized spacial score (nSPS) is 23.8. The Bertz CT molecular complexity index is 403. The third-order valence-corrected chi connectivity index (χ3v) is 3.58. The summed E-state index contributed by atoms with van der Waals surface area (Å²) in [5.74, 6) is 1.37. The molecular weight excluding hydrogens is 224 g/mol. The van der Waals surface area contributed by atoms with E-state index in [4.69, 9.17) is 0 Å². The number of benzene rings is 1. The molecule has 0 saturated carbocycles. The summed E-state index contributed by atoms with van der Waals surface area (Å²) in [7, 11) is 1.88. The van der Waals surface area contributed by atoms with Crippen LogP contribution in [0.1, 0.15) is 30.6 Å². The van der Waals surface area contributed by atoms with Crippen LogP contribution in [0, 0.1) is 11.8 Å². The lowest BCUT2D eigenvalue weighted by molar-refractivity contribution is 0.0623. The maximum absolute atomic E-state index is 12.4. The SMILES string of the molecule is CNc1ccc(C(=O)N2CC(C)CC(C)C2)cc1. The highest BCUT2D eigenvalue weighted by molar-refractivity contribution is 5.94. The minimum atomic E-state index is 0.163. The van der Waals surface area contributed by atoms with Gasteiger partial charge in [-0.05, 0) is 42.5 Å². The van der Waals surface area contributed by atoms with Crippen LogP contribution in [0.15, 0.2) is 24.3 Å². The van der Waals surface area contributed by atoms with Gasteiger partial charge in [0.05, 0.1) is 0 Å². The van der Waals surface area contributed by atoms with Crippen LogP contribution in [0.3, 0.4) is 0 Å². The lowest BCUT2D eigenvalue weighted by Gasteiger charge is -2.35. The first-order chi connectivity index (χ1) is 8.60. The van der Waals surface area contributed by atoms with Crippen LogP contribution in [0.5, 0.6) is 0 Å². The second kappa shape index (κ2) is 5.42. The summed E-state index contributed by atoms with van der Waals surface area (Å²) in [6.07, 6.45) is 1.22. The Balaban J connectivity index is 2.09. The molecule has 1 N–H and O–H groups in total. The van der Waals surface area contributed by atoms with Gasteiger partial charge in [0.15, 0.2) is 0 Å². The number of hydrogen-bond acceptors (Lipinski definition) is 2. The highest BCUT2D eigenvalue weighted by Crippen LogP contribution is 2.22. The number of anilines is 1. The molecule has 1 aliphatic rings. The summed E-state index contributed by atoms with van der Waals surface area (Å²) < 4.78 is 0. The van der Waals surface area contributed by atoms with E-state index in [1.54, 1.807) is 0 Å². The van der Waals surface area contributed by atoms with Crippen molar-refractivity contribution in [1.29, 1.82) is 0 Å². The zero-order valence-electron chi connectivity index (χ0n) is 11.4. The van der Waals surface area contributed by atoms with Gasteiger partial charge in [-0.15, -0.1) is 0 Å². The number of likely N-dealkylation sites (tertiary alicyclic amines) is 1. The number of nitrogens with one attached hydrogen (secondary N) is 1. The molecule has 0 aromatic heterocycles. The van der Waals surface area contributed by atoms with Gasteiger partial charge in [0.1, 0.15) is 0 Å². The highest BCUT2D eigenvalue weighted by Gasteiger charge is 2.25. The molecule has 1 aromatic carbocycles. The maximum atomic E-state index is 12.4. The molecule has 98 valence electrons. The maximum Gasteiger partial charge on any atom is 0.253 e. The highest BCUT2D eigenvalue weighted by atomic mass is 16.2. The van der Waals surface area contributed by atoms with Crippen LogP contribution in [0.25, 0.3) is 0 Å². The second-order valence-electron chi connectivity index (χ2n) is 5.48. The first-order valence-electron chi connectivity index (χ1n) is 6.67. The first kappa shape index (κ1) is 12.9. The molecular formula is C15H22N2O. The average Bonchev–Trinajstić information content (AvgIpc) is 2.37. The summed E-state index contributed by atoms with van der Waals surface area (Å²) in [5.41, 5.74) is 1.82. The van der Waals surface area contributed by atoms with Gasteiger partial charge >= 0.3 is 0 Å². The quantitative estimate of drug-likeness (QED) is 0.870. The monoisotopic (exact) mass is 246 g/mol. The lowest BCUT2D eigenvalue weighted by atomic mass is 9.91. The number of piperidine rings is 1. The molecule has 2 rings (SSSR count). The Morgan fingerprint density at radius 2 is 1.72 bits per heavy atom. The molecule has 1 saturated heterocycles. The van der Waals surface area contributed by atoms with E-state index in [1.165, 1.54) is 6.42 Å². The zero-order chi connectivity index (χ0) is 13.1. The number of amides is 1. The smallest absolute Gasteiger partial charge is 0.253 e. The van der Waals surface area contributed by atoms with E-state index in [-0.39, 0.29) is 5.91 Å². The van der Waals surface area contributed by atoms with Crippen molar-refractivity contribution >= 4 is 11.6 Å². The molecule has 1 fully saturated rings. The van der Waals surface area contributed by atoms with E-state index in [1.807, 2.05) is 36.2 Å². The van der Waals surface area contributed by atoms with Gasteiger partial charge in [-0.2, -0.15) is 0 Å². The summed E-state index contributed by atoms with van der Waals surface area (Å²) in [6.45, 7) is 6.22. The third kappa shape index (κ3) is 2.84. The van der Waals surface area contributed by atoms with Crippen molar-refractivity contribution in [2.45, 2.75) is 20.3 Å². The van der Waals surface area contributed by atoms with Gasteiger partial charge < -0.3 is 10.2 Å². The Kier molecular flexibility index (Phi) is 3.90. The topological polar surface area (TPSA) is 32.3 Å². The molecule has 3 heteroatoms. The van der Waals surface area contributed by atoms with Crippen molar-refractivity contribution < 1.29 is 4.79 Å². The summed E-state index contributed by atoms with van der Waals surface area (Å²) in [5, 5.41) is 3.06. The van der Waals surface area contributed by atoms with Crippen molar-refractivity contribution in [2.75, 3.05) is 25.5 Å². The van der Waals surface area contributed by atoms with Crippen LogP contribution >= 0.6 is 0 Å². The van der Waals surface area contributed by atoms with Crippen LogP contribution < -0.4 is 5.32 Å². The molecule has 2 atom stereocenters. The summed E-state index contributed by atoms with van der Waals surface area (Å²) in [6, 6.07) is 7.70. The molecule has 3 nitrogen and oxygen atoms in total. The number of hydrogen-bond donors (Lipinski definition) is 1. The number of carbonyl (C=O) groups excluding carboxylic acids is 1. The van der Waals surface area contributed by atoms with Crippen LogP contribution in [-0.4, -0.2) is 30.9 Å². The molecule has 1 aromatic rings. The number of nitrogens with zero attached hydrogens (tertiary/aromatic N) is 1. The van der Waals surface area contributed by atoms with Crippen molar-refractivity contribution in [3.63, 3.8) is 0 Å². The molecule has 0 radical (unpaired) electrons. The molecule has 1 aliphatic heterocycles. The molecule has 1 heterocycles. The Morgan fingerprint density at radius 1 is 1.17 bits per heavy atom. The minimum Gasteiger partial charge on any atom is -0.388 e. The van der Waals surface area contributed by atoms with Crippen LogP contribution in [0.2, 0.25) is 0 Å². The zero-order valence-corrected chi connectivity index (χ0v) is 11.4. The largest absolute Gasteiger partial charge is 0.388 e. The summed E-state index contributed by atoms with van der Waals surface area (Å²) in [4.78, 5) is 14.4. The molecule has 0 spiro atoms. The molecule has 18 heavy (non-hydrogen) atoms. The van der Waals surface area contributed by atoms with Crippen molar-refractivity contribution in [1.82, 2.24) is 4.90 Å². The van der Waals surface area contributed by atoms with Gasteiger partial charge in [-0.25, -0.2) is 0 Å². The van der Waals surface area contributed by atoms with E-state index >= 15 is 0 Å². The minimum absolute atomic E-state index is 0.163. The number of rotatable bonds is 2. The van der Waals surface area contributed by atoms with Gasteiger partial charge in [-0.1, -0.05) is 13.8 Å². The Morgan fingerprint density at radius 3 is 2.22 bits per heavy atom. The van der Waals surface area contributed by atoms with Crippen LogP contribution in [-0.2, 0) is 0 Å². The number of carbonyl (C=O) groups is 1. The lowest BCUT2D eigenvalue weighted by Crippen LogP contribution is -2.42. The van der Waals surface area contributed by atoms with E-state index < -0.39 is 0 Å². The Hall–Kier alpha value is -1.51. The van der Waals surface area contributed by atoms with Gasteiger partial charge in [0.25, 0.3) is 5.91 Å². The van der Waals surface area contributed by atoms with E-state index in [0.717, 1.165) is 24.3 Å². The van der Waals surface area contributed by atoms with Crippen molar-refractivity contribution in [3.05, 3.63) is 29.8 Å². The predicted octanol–water partition coefficient (Wildman–Crippen LogP) is 2.85.